The highest BCUT2D eigenvalue weighted by Gasteiger charge is 2.19. The highest BCUT2D eigenvalue weighted by molar-refractivity contribution is 7.90. The first kappa shape index (κ1) is 15.9. The summed E-state index contributed by atoms with van der Waals surface area (Å²) in [6.45, 7) is 3.19. The first-order chi connectivity index (χ1) is 9.98. The molecule has 7 heteroatoms. The van der Waals surface area contributed by atoms with E-state index < -0.39 is 15.8 Å². The van der Waals surface area contributed by atoms with Crippen LogP contribution < -0.4 is 0 Å². The number of carboxylic acid groups (broad SMARTS) is 1. The molecule has 1 aromatic rings. The number of ether oxygens (including phenoxy) is 1. The van der Waals surface area contributed by atoms with Gasteiger partial charge in [0.1, 0.15) is 0 Å². The molecule has 0 saturated carbocycles. The molecular formula is C14H19NO5S. The number of carbonyl (C=O) groups is 1. The van der Waals surface area contributed by atoms with Gasteiger partial charge >= 0.3 is 5.97 Å². The largest absolute Gasteiger partial charge is 0.478 e. The van der Waals surface area contributed by atoms with Crippen LogP contribution in [0.2, 0.25) is 0 Å². The second-order valence-electron chi connectivity index (χ2n) is 5.01. The number of aromatic carboxylic acids is 1. The quantitative estimate of drug-likeness (QED) is 0.829. The fourth-order valence-electron chi connectivity index (χ4n) is 2.26. The van der Waals surface area contributed by atoms with Gasteiger partial charge < -0.3 is 9.84 Å². The van der Waals surface area contributed by atoms with Crippen molar-refractivity contribution < 1.29 is 23.1 Å². The lowest BCUT2D eigenvalue weighted by Gasteiger charge is -2.26. The monoisotopic (exact) mass is 313 g/mol. The summed E-state index contributed by atoms with van der Waals surface area (Å²) in [5.74, 6) is -1.31. The Morgan fingerprint density at radius 1 is 1.24 bits per heavy atom. The number of morpholine rings is 1. The Morgan fingerprint density at radius 3 is 2.57 bits per heavy atom. The number of rotatable bonds is 6. The minimum Gasteiger partial charge on any atom is -0.478 e. The van der Waals surface area contributed by atoms with Gasteiger partial charge in [-0.1, -0.05) is 18.2 Å². The fourth-order valence-corrected chi connectivity index (χ4v) is 3.66. The van der Waals surface area contributed by atoms with Crippen LogP contribution in [0.1, 0.15) is 15.9 Å². The van der Waals surface area contributed by atoms with Crippen molar-refractivity contribution in [2.45, 2.75) is 5.75 Å². The lowest BCUT2D eigenvalue weighted by atomic mass is 10.1. The lowest BCUT2D eigenvalue weighted by Crippen LogP contribution is -2.39. The molecule has 1 N–H and O–H groups in total. The van der Waals surface area contributed by atoms with Crippen molar-refractivity contribution in [2.24, 2.45) is 0 Å². The van der Waals surface area contributed by atoms with Crippen LogP contribution in [0.5, 0.6) is 0 Å². The Morgan fingerprint density at radius 2 is 1.90 bits per heavy atom. The molecule has 6 nitrogen and oxygen atoms in total. The maximum absolute atomic E-state index is 12.2. The average Bonchev–Trinajstić information content (AvgIpc) is 2.46. The van der Waals surface area contributed by atoms with E-state index >= 15 is 0 Å². The topological polar surface area (TPSA) is 83.9 Å². The molecule has 0 bridgehead atoms. The Labute approximate surface area is 124 Å². The number of benzene rings is 1. The molecule has 0 unspecified atom stereocenters. The summed E-state index contributed by atoms with van der Waals surface area (Å²) in [7, 11) is -3.34. The molecule has 0 aliphatic carbocycles. The number of nitrogens with zero attached hydrogens (tertiary/aromatic N) is 1. The molecule has 0 spiro atoms. The summed E-state index contributed by atoms with van der Waals surface area (Å²) in [6.07, 6.45) is 0. The molecule has 1 aliphatic heterocycles. The summed E-state index contributed by atoms with van der Waals surface area (Å²) < 4.78 is 29.5. The third-order valence-corrected chi connectivity index (χ3v) is 5.00. The van der Waals surface area contributed by atoms with Gasteiger partial charge in [-0.3, -0.25) is 4.90 Å². The molecule has 1 fully saturated rings. The average molecular weight is 313 g/mol. The lowest BCUT2D eigenvalue weighted by molar-refractivity contribution is 0.0408. The van der Waals surface area contributed by atoms with Gasteiger partial charge in [-0.15, -0.1) is 0 Å². The van der Waals surface area contributed by atoms with Gasteiger partial charge in [-0.25, -0.2) is 13.2 Å². The van der Waals surface area contributed by atoms with Crippen molar-refractivity contribution in [3.05, 3.63) is 35.4 Å². The van der Waals surface area contributed by atoms with Crippen LogP contribution in [0, 0.1) is 0 Å². The molecule has 0 radical (unpaired) electrons. The number of hydrogen-bond donors (Lipinski definition) is 1. The molecule has 0 aromatic heterocycles. The van der Waals surface area contributed by atoms with Crippen LogP contribution in [0.3, 0.4) is 0 Å². The molecule has 1 aliphatic rings. The Balaban J connectivity index is 1.99. The van der Waals surface area contributed by atoms with Gasteiger partial charge in [0.2, 0.25) is 0 Å². The Hall–Kier alpha value is -1.44. The van der Waals surface area contributed by atoms with Crippen molar-refractivity contribution in [1.82, 2.24) is 4.90 Å². The fraction of sp³-hybridized carbons (Fsp3) is 0.500. The summed E-state index contributed by atoms with van der Waals surface area (Å²) in [5.41, 5.74) is 0.388. The highest BCUT2D eigenvalue weighted by atomic mass is 32.2. The molecule has 2 rings (SSSR count). The van der Waals surface area contributed by atoms with Gasteiger partial charge in [0.25, 0.3) is 0 Å². The molecular weight excluding hydrogens is 294 g/mol. The van der Waals surface area contributed by atoms with E-state index in [9.17, 15) is 13.2 Å². The van der Waals surface area contributed by atoms with Gasteiger partial charge in [0.05, 0.1) is 30.3 Å². The standard InChI is InChI=1S/C14H19NO5S/c16-14(17)13-4-2-1-3-12(13)11-21(18,19)10-7-15-5-8-20-9-6-15/h1-4H,5-11H2,(H,16,17). The number of sulfone groups is 1. The van der Waals surface area contributed by atoms with Gasteiger partial charge in [0.15, 0.2) is 9.84 Å². The van der Waals surface area contributed by atoms with E-state index in [1.165, 1.54) is 6.07 Å². The zero-order chi connectivity index (χ0) is 15.3. The molecule has 1 aromatic carbocycles. The molecule has 0 amide bonds. The van der Waals surface area contributed by atoms with Crippen molar-refractivity contribution in [2.75, 3.05) is 38.6 Å². The number of carboxylic acids is 1. The molecule has 21 heavy (non-hydrogen) atoms. The Bertz CT molecular complexity index is 593. The van der Waals surface area contributed by atoms with E-state index in [4.69, 9.17) is 9.84 Å². The molecule has 1 heterocycles. The van der Waals surface area contributed by atoms with Crippen molar-refractivity contribution in [3.63, 3.8) is 0 Å². The van der Waals surface area contributed by atoms with E-state index in [1.807, 2.05) is 4.90 Å². The third kappa shape index (κ3) is 4.80. The highest BCUT2D eigenvalue weighted by Crippen LogP contribution is 2.13. The summed E-state index contributed by atoms with van der Waals surface area (Å²) in [4.78, 5) is 13.1. The first-order valence-electron chi connectivity index (χ1n) is 6.80. The maximum atomic E-state index is 12.2. The molecule has 1 saturated heterocycles. The second-order valence-corrected chi connectivity index (χ2v) is 7.19. The van der Waals surface area contributed by atoms with Crippen LogP contribution in [-0.4, -0.2) is 63.0 Å². The minimum atomic E-state index is -3.34. The Kier molecular flexibility index (Phi) is 5.33. The summed E-state index contributed by atoms with van der Waals surface area (Å²) in [6, 6.07) is 6.22. The predicted octanol–water partition coefficient (Wildman–Crippen LogP) is 0.632. The van der Waals surface area contributed by atoms with Crippen LogP contribution in [-0.2, 0) is 20.3 Å². The van der Waals surface area contributed by atoms with E-state index in [2.05, 4.69) is 0 Å². The smallest absolute Gasteiger partial charge is 0.335 e. The molecule has 116 valence electrons. The normalized spacial score (nSPS) is 16.8. The molecule has 0 atom stereocenters. The van der Waals surface area contributed by atoms with Gasteiger partial charge in [0, 0.05) is 19.6 Å². The third-order valence-electron chi connectivity index (χ3n) is 3.45. The number of hydrogen-bond acceptors (Lipinski definition) is 5. The first-order valence-corrected chi connectivity index (χ1v) is 8.62. The van der Waals surface area contributed by atoms with Crippen molar-refractivity contribution in [1.29, 1.82) is 0 Å². The minimum absolute atomic E-state index is 0.0287. The van der Waals surface area contributed by atoms with E-state index in [1.54, 1.807) is 18.2 Å². The van der Waals surface area contributed by atoms with Crippen LogP contribution in [0.15, 0.2) is 24.3 Å². The van der Waals surface area contributed by atoms with Gasteiger partial charge in [-0.05, 0) is 11.6 Å². The van der Waals surface area contributed by atoms with Crippen LogP contribution in [0.25, 0.3) is 0 Å². The van der Waals surface area contributed by atoms with Crippen LogP contribution in [0.4, 0.5) is 0 Å². The zero-order valence-electron chi connectivity index (χ0n) is 11.7. The van der Waals surface area contributed by atoms with E-state index in [-0.39, 0.29) is 17.1 Å². The van der Waals surface area contributed by atoms with Crippen LogP contribution >= 0.6 is 0 Å². The summed E-state index contributed by atoms with van der Waals surface area (Å²) in [5, 5.41) is 9.08. The summed E-state index contributed by atoms with van der Waals surface area (Å²) >= 11 is 0. The van der Waals surface area contributed by atoms with E-state index in [0.717, 1.165) is 13.1 Å². The maximum Gasteiger partial charge on any atom is 0.335 e. The SMILES string of the molecule is O=C(O)c1ccccc1CS(=O)(=O)CCN1CCOCC1. The van der Waals surface area contributed by atoms with E-state index in [0.29, 0.717) is 25.3 Å². The van der Waals surface area contributed by atoms with Crippen molar-refractivity contribution in [3.8, 4) is 0 Å². The zero-order valence-corrected chi connectivity index (χ0v) is 12.5. The van der Waals surface area contributed by atoms with Crippen molar-refractivity contribution >= 4 is 15.8 Å². The predicted molar refractivity (Wildman–Crippen MR) is 78.2 cm³/mol. The second kappa shape index (κ2) is 7.02. The van der Waals surface area contributed by atoms with Gasteiger partial charge in [-0.2, -0.15) is 0 Å².